The van der Waals surface area contributed by atoms with Crippen molar-refractivity contribution in [2.24, 2.45) is 0 Å². The van der Waals surface area contributed by atoms with E-state index in [4.69, 9.17) is 0 Å². The summed E-state index contributed by atoms with van der Waals surface area (Å²) in [5.41, 5.74) is 1.58. The Hall–Kier alpha value is -0.725. The lowest BCUT2D eigenvalue weighted by molar-refractivity contribution is -0.699. The van der Waals surface area contributed by atoms with Gasteiger partial charge in [-0.25, -0.2) is 0 Å². The highest BCUT2D eigenvalue weighted by atomic mass is 15.2. The van der Waals surface area contributed by atoms with Crippen molar-refractivity contribution in [1.29, 1.82) is 0 Å². The summed E-state index contributed by atoms with van der Waals surface area (Å²) in [6.07, 6.45) is 7.95. The van der Waals surface area contributed by atoms with Crippen LogP contribution in [0.15, 0.2) is 12.4 Å². The molecule has 18 heavy (non-hydrogen) atoms. The number of nitrogens with zero attached hydrogens (tertiary/aromatic N) is 2. The molecular formula is C15H31BN2. The summed E-state index contributed by atoms with van der Waals surface area (Å²) in [6, 6.07) is 1.09. The fourth-order valence-corrected chi connectivity index (χ4v) is 3.35. The van der Waals surface area contributed by atoms with Crippen LogP contribution in [-0.2, 0) is 0 Å². The Kier molecular flexibility index (Phi) is 5.06. The van der Waals surface area contributed by atoms with Crippen LogP contribution in [0.25, 0.3) is 0 Å². The van der Waals surface area contributed by atoms with Gasteiger partial charge in [0.2, 0.25) is 0 Å². The Labute approximate surface area is 113 Å². The first-order valence-corrected chi connectivity index (χ1v) is 7.76. The van der Waals surface area contributed by atoms with Gasteiger partial charge in [-0.05, 0) is 27.7 Å². The van der Waals surface area contributed by atoms with E-state index in [-0.39, 0.29) is 0 Å². The standard InChI is InChI=1S/C15H31BN2/c1-8-16(9-2,10-3)15-17(13(4)5)11-12-18(15)14(6)7/h11-14H,8-10H2,1-7H3. The third kappa shape index (κ3) is 2.50. The summed E-state index contributed by atoms with van der Waals surface area (Å²) in [4.78, 5) is 0. The molecule has 0 radical (unpaired) electrons. The SMILES string of the molecule is CC[B-](CC)(CC)c1n(C(C)C)cc[n+]1C(C)C. The average molecular weight is 250 g/mol. The highest BCUT2D eigenvalue weighted by molar-refractivity contribution is 6.90. The molecular weight excluding hydrogens is 219 g/mol. The maximum atomic E-state index is 2.50. The second-order valence-electron chi connectivity index (χ2n) is 6.36. The van der Waals surface area contributed by atoms with Gasteiger partial charge in [0.1, 0.15) is 18.5 Å². The van der Waals surface area contributed by atoms with E-state index in [1.807, 2.05) is 0 Å². The maximum absolute atomic E-state index is 2.50. The Morgan fingerprint density at radius 1 is 1.06 bits per heavy atom. The number of imidazole rings is 1. The van der Waals surface area contributed by atoms with Gasteiger partial charge < -0.3 is 0 Å². The van der Waals surface area contributed by atoms with Gasteiger partial charge in [-0.1, -0.05) is 20.8 Å². The quantitative estimate of drug-likeness (QED) is 0.538. The number of hydrogen-bond donors (Lipinski definition) is 0. The average Bonchev–Trinajstić information content (AvgIpc) is 2.78. The fraction of sp³-hybridized carbons (Fsp3) is 0.800. The molecule has 0 aliphatic rings. The molecule has 0 amide bonds. The maximum Gasteiger partial charge on any atom is 0.126 e. The van der Waals surface area contributed by atoms with E-state index < -0.39 is 6.15 Å². The highest BCUT2D eigenvalue weighted by Crippen LogP contribution is 2.20. The van der Waals surface area contributed by atoms with Crippen molar-refractivity contribution in [3.05, 3.63) is 12.4 Å². The van der Waals surface area contributed by atoms with Crippen LogP contribution in [-0.4, -0.2) is 10.7 Å². The summed E-state index contributed by atoms with van der Waals surface area (Å²) in [5.74, 6) is 0. The Morgan fingerprint density at radius 2 is 1.56 bits per heavy atom. The Bertz CT molecular complexity index is 342. The van der Waals surface area contributed by atoms with Crippen molar-refractivity contribution in [1.82, 2.24) is 4.57 Å². The molecule has 1 aromatic rings. The van der Waals surface area contributed by atoms with Crippen LogP contribution in [0.5, 0.6) is 0 Å². The topological polar surface area (TPSA) is 8.81 Å². The van der Waals surface area contributed by atoms with E-state index in [1.165, 1.54) is 19.0 Å². The van der Waals surface area contributed by atoms with Crippen LogP contribution < -0.4 is 10.3 Å². The van der Waals surface area contributed by atoms with E-state index in [9.17, 15) is 0 Å². The van der Waals surface area contributed by atoms with Gasteiger partial charge in [-0.3, -0.25) is 9.13 Å². The highest BCUT2D eigenvalue weighted by Gasteiger charge is 2.34. The van der Waals surface area contributed by atoms with Crippen molar-refractivity contribution >= 4 is 11.9 Å². The van der Waals surface area contributed by atoms with E-state index in [0.717, 1.165) is 0 Å². The summed E-state index contributed by atoms with van der Waals surface area (Å²) >= 11 is 0. The van der Waals surface area contributed by atoms with E-state index in [2.05, 4.69) is 70.0 Å². The largest absolute Gasteiger partial charge is 0.269 e. The van der Waals surface area contributed by atoms with Gasteiger partial charge >= 0.3 is 0 Å². The fourth-order valence-electron chi connectivity index (χ4n) is 3.35. The lowest BCUT2D eigenvalue weighted by Gasteiger charge is -2.35. The number of rotatable bonds is 6. The second kappa shape index (κ2) is 5.94. The van der Waals surface area contributed by atoms with Gasteiger partial charge in [0.25, 0.3) is 0 Å². The minimum atomic E-state index is -0.424. The van der Waals surface area contributed by atoms with Crippen molar-refractivity contribution in [2.75, 3.05) is 0 Å². The number of hydrogen-bond acceptors (Lipinski definition) is 0. The van der Waals surface area contributed by atoms with Crippen LogP contribution in [0, 0.1) is 0 Å². The summed E-state index contributed by atoms with van der Waals surface area (Å²) in [6.45, 7) is 16.2. The molecule has 2 nitrogen and oxygen atoms in total. The molecule has 1 heterocycles. The molecule has 0 aliphatic heterocycles. The van der Waals surface area contributed by atoms with Crippen LogP contribution in [0.1, 0.15) is 60.5 Å². The van der Waals surface area contributed by atoms with Crippen LogP contribution in [0.3, 0.4) is 0 Å². The van der Waals surface area contributed by atoms with E-state index >= 15 is 0 Å². The van der Waals surface area contributed by atoms with Gasteiger partial charge in [0, 0.05) is 0 Å². The Morgan fingerprint density at radius 3 is 1.89 bits per heavy atom. The van der Waals surface area contributed by atoms with Crippen molar-refractivity contribution < 1.29 is 4.57 Å². The van der Waals surface area contributed by atoms with Crippen LogP contribution >= 0.6 is 0 Å². The van der Waals surface area contributed by atoms with Gasteiger partial charge in [-0.2, -0.15) is 19.0 Å². The molecule has 0 N–H and O–H groups in total. The second-order valence-corrected chi connectivity index (χ2v) is 6.36. The first-order valence-electron chi connectivity index (χ1n) is 7.76. The van der Waals surface area contributed by atoms with E-state index in [0.29, 0.717) is 12.1 Å². The van der Waals surface area contributed by atoms with Crippen molar-refractivity contribution in [3.63, 3.8) is 0 Å². The molecule has 0 aromatic carbocycles. The smallest absolute Gasteiger partial charge is 0.126 e. The normalized spacial score (nSPS) is 12.7. The molecule has 0 saturated heterocycles. The molecule has 0 saturated carbocycles. The molecule has 1 aromatic heterocycles. The lowest BCUT2D eigenvalue weighted by Crippen LogP contribution is -2.65. The predicted octanol–water partition coefficient (Wildman–Crippen LogP) is 3.65. The summed E-state index contributed by atoms with van der Waals surface area (Å²) in [5, 5.41) is 0. The van der Waals surface area contributed by atoms with Gasteiger partial charge in [-0.15, -0.1) is 0 Å². The minimum absolute atomic E-state index is 0.424. The van der Waals surface area contributed by atoms with Gasteiger partial charge in [0.05, 0.1) is 17.8 Å². The molecule has 0 aliphatic carbocycles. The molecule has 0 fully saturated rings. The zero-order valence-corrected chi connectivity index (χ0v) is 13.4. The first kappa shape index (κ1) is 15.3. The Balaban J connectivity index is 3.46. The molecule has 0 bridgehead atoms. The molecule has 3 heteroatoms. The third-order valence-corrected chi connectivity index (χ3v) is 4.92. The zero-order valence-electron chi connectivity index (χ0n) is 13.4. The monoisotopic (exact) mass is 250 g/mol. The lowest BCUT2D eigenvalue weighted by atomic mass is 9.19. The van der Waals surface area contributed by atoms with Gasteiger partial charge in [0.15, 0.2) is 0 Å². The van der Waals surface area contributed by atoms with Crippen molar-refractivity contribution in [2.45, 2.75) is 79.5 Å². The molecule has 0 unspecified atom stereocenters. The predicted molar refractivity (Wildman–Crippen MR) is 82.2 cm³/mol. The molecule has 104 valence electrons. The van der Waals surface area contributed by atoms with Crippen molar-refractivity contribution in [3.8, 4) is 0 Å². The third-order valence-electron chi connectivity index (χ3n) is 4.92. The molecule has 0 spiro atoms. The summed E-state index contributed by atoms with van der Waals surface area (Å²) in [7, 11) is 0. The van der Waals surface area contributed by atoms with E-state index in [1.54, 1.807) is 5.72 Å². The minimum Gasteiger partial charge on any atom is -0.269 e. The first-order chi connectivity index (χ1) is 8.43. The summed E-state index contributed by atoms with van der Waals surface area (Å²) < 4.78 is 4.99. The van der Waals surface area contributed by atoms with Crippen LogP contribution in [0.4, 0.5) is 0 Å². The number of aromatic nitrogens is 2. The zero-order chi connectivity index (χ0) is 13.9. The molecule has 1 rings (SSSR count). The van der Waals surface area contributed by atoms with Crippen LogP contribution in [0.2, 0.25) is 19.0 Å². The molecule has 0 atom stereocenters.